The average Bonchev–Trinajstić information content (AvgIpc) is 3.27. The van der Waals surface area contributed by atoms with Crippen molar-refractivity contribution in [2.45, 2.75) is 6.92 Å². The van der Waals surface area contributed by atoms with Gasteiger partial charge in [0.05, 0.1) is 15.7 Å². The molecule has 2 aromatic carbocycles. The molecule has 1 aliphatic heterocycles. The number of nitrogens with zero attached hydrogens (tertiary/aromatic N) is 5. The largest absolute Gasteiger partial charge is 0.439 e. The Labute approximate surface area is 184 Å². The summed E-state index contributed by atoms with van der Waals surface area (Å²) < 4.78 is 6.92. The number of para-hydroxylation sites is 1. The Balaban J connectivity index is 1.27. The lowest BCUT2D eigenvalue weighted by Crippen LogP contribution is -2.49. The Kier molecular flexibility index (Phi) is 5.21. The van der Waals surface area contributed by atoms with Crippen molar-refractivity contribution in [3.63, 3.8) is 0 Å². The fraction of sp³-hybridized carbons (Fsp3) is 0.217. The molecule has 4 aromatic rings. The van der Waals surface area contributed by atoms with Gasteiger partial charge in [0.15, 0.2) is 0 Å². The highest BCUT2D eigenvalue weighted by atomic mass is 32.1. The highest BCUT2D eigenvalue weighted by Crippen LogP contribution is 2.25. The molecule has 0 spiro atoms. The van der Waals surface area contributed by atoms with E-state index in [1.165, 1.54) is 0 Å². The van der Waals surface area contributed by atoms with Gasteiger partial charge in [-0.25, -0.2) is 9.97 Å². The van der Waals surface area contributed by atoms with Gasteiger partial charge in [0, 0.05) is 37.8 Å². The van der Waals surface area contributed by atoms with Gasteiger partial charge in [0.2, 0.25) is 5.88 Å². The molecular formula is C23H21N5O2S. The van der Waals surface area contributed by atoms with Crippen LogP contribution in [-0.4, -0.2) is 51.9 Å². The van der Waals surface area contributed by atoms with Gasteiger partial charge in [-0.2, -0.15) is 4.98 Å². The minimum atomic E-state index is 0.0573. The predicted molar refractivity (Wildman–Crippen MR) is 121 cm³/mol. The maximum absolute atomic E-state index is 13.0. The van der Waals surface area contributed by atoms with Gasteiger partial charge in [-0.1, -0.05) is 18.2 Å². The van der Waals surface area contributed by atoms with Crippen LogP contribution in [0.15, 0.2) is 60.1 Å². The van der Waals surface area contributed by atoms with Crippen molar-refractivity contribution in [2.75, 3.05) is 31.1 Å². The van der Waals surface area contributed by atoms with Crippen LogP contribution in [0.3, 0.4) is 0 Å². The molecule has 0 N–H and O–H groups in total. The minimum absolute atomic E-state index is 0.0573. The first-order chi connectivity index (χ1) is 15.2. The van der Waals surface area contributed by atoms with Crippen LogP contribution in [0.1, 0.15) is 16.2 Å². The van der Waals surface area contributed by atoms with Crippen molar-refractivity contribution in [3.05, 3.63) is 71.5 Å². The van der Waals surface area contributed by atoms with E-state index in [9.17, 15) is 4.79 Å². The maximum atomic E-state index is 13.0. The molecule has 3 heterocycles. The normalized spacial score (nSPS) is 14.1. The fourth-order valence-electron chi connectivity index (χ4n) is 3.66. The second-order valence-electron chi connectivity index (χ2n) is 7.34. The van der Waals surface area contributed by atoms with Crippen molar-refractivity contribution in [1.29, 1.82) is 0 Å². The molecule has 1 saturated heterocycles. The van der Waals surface area contributed by atoms with E-state index in [2.05, 4.69) is 19.9 Å². The van der Waals surface area contributed by atoms with Crippen LogP contribution in [0.5, 0.6) is 11.6 Å². The number of piperazine rings is 1. The summed E-state index contributed by atoms with van der Waals surface area (Å²) in [5.74, 6) is 2.78. The van der Waals surface area contributed by atoms with Crippen LogP contribution in [-0.2, 0) is 0 Å². The molecule has 1 aliphatic rings. The fourth-order valence-corrected chi connectivity index (χ4v) is 4.37. The van der Waals surface area contributed by atoms with Gasteiger partial charge in [0.25, 0.3) is 5.91 Å². The molecule has 0 aliphatic carbocycles. The molecule has 0 saturated carbocycles. The molecule has 0 unspecified atom stereocenters. The van der Waals surface area contributed by atoms with E-state index >= 15 is 0 Å². The lowest BCUT2D eigenvalue weighted by Gasteiger charge is -2.35. The van der Waals surface area contributed by atoms with Gasteiger partial charge >= 0.3 is 0 Å². The third-order valence-corrected chi connectivity index (χ3v) is 6.03. The third kappa shape index (κ3) is 4.20. The molecule has 0 bridgehead atoms. The zero-order chi connectivity index (χ0) is 21.2. The standard InChI is InChI=1S/C23H21N5O2S/c1-16-25-21(14-22(26-16)30-18-5-3-2-4-6-18)27-9-11-28(12-10-27)23(29)17-7-8-19-20(13-17)31-15-24-19/h2-8,13-15H,9-12H2,1H3. The minimum Gasteiger partial charge on any atom is -0.439 e. The van der Waals surface area contributed by atoms with Gasteiger partial charge in [-0.15, -0.1) is 11.3 Å². The molecule has 5 rings (SSSR count). The lowest BCUT2D eigenvalue weighted by molar-refractivity contribution is 0.0746. The number of ether oxygens (including phenoxy) is 1. The van der Waals surface area contributed by atoms with Gasteiger partial charge in [0.1, 0.15) is 17.4 Å². The zero-order valence-electron chi connectivity index (χ0n) is 17.1. The number of carbonyl (C=O) groups is 1. The van der Waals surface area contributed by atoms with E-state index < -0.39 is 0 Å². The molecule has 1 fully saturated rings. The number of anilines is 1. The van der Waals surface area contributed by atoms with E-state index in [-0.39, 0.29) is 5.91 Å². The van der Waals surface area contributed by atoms with Crippen molar-refractivity contribution in [3.8, 4) is 11.6 Å². The van der Waals surface area contributed by atoms with Crippen LogP contribution in [0, 0.1) is 6.92 Å². The Bertz CT molecular complexity index is 1220. The van der Waals surface area contributed by atoms with E-state index in [4.69, 9.17) is 4.74 Å². The van der Waals surface area contributed by atoms with Crippen LogP contribution < -0.4 is 9.64 Å². The van der Waals surface area contributed by atoms with E-state index in [1.807, 2.05) is 66.4 Å². The smallest absolute Gasteiger partial charge is 0.254 e. The second kappa shape index (κ2) is 8.31. The van der Waals surface area contributed by atoms with Crippen LogP contribution in [0.4, 0.5) is 5.82 Å². The van der Waals surface area contributed by atoms with Crippen molar-refractivity contribution in [2.24, 2.45) is 0 Å². The first-order valence-electron chi connectivity index (χ1n) is 10.1. The number of rotatable bonds is 4. The Morgan fingerprint density at radius 3 is 2.61 bits per heavy atom. The Hall–Kier alpha value is -3.52. The van der Waals surface area contributed by atoms with E-state index in [0.29, 0.717) is 43.4 Å². The second-order valence-corrected chi connectivity index (χ2v) is 8.23. The molecule has 2 aromatic heterocycles. The van der Waals surface area contributed by atoms with Gasteiger partial charge in [-0.3, -0.25) is 4.79 Å². The first-order valence-corrected chi connectivity index (χ1v) is 11.0. The Morgan fingerprint density at radius 1 is 1.00 bits per heavy atom. The monoisotopic (exact) mass is 431 g/mol. The summed E-state index contributed by atoms with van der Waals surface area (Å²) in [7, 11) is 0. The quantitative estimate of drug-likeness (QED) is 0.483. The summed E-state index contributed by atoms with van der Waals surface area (Å²) in [6, 6.07) is 17.1. The highest BCUT2D eigenvalue weighted by molar-refractivity contribution is 7.16. The van der Waals surface area contributed by atoms with Crippen LogP contribution >= 0.6 is 11.3 Å². The summed E-state index contributed by atoms with van der Waals surface area (Å²) in [5.41, 5.74) is 3.44. The molecule has 0 atom stereocenters. The molecule has 156 valence electrons. The number of benzene rings is 2. The summed E-state index contributed by atoms with van der Waals surface area (Å²) >= 11 is 1.55. The number of hydrogen-bond acceptors (Lipinski definition) is 7. The summed E-state index contributed by atoms with van der Waals surface area (Å²) in [5, 5.41) is 0. The first kappa shape index (κ1) is 19.4. The molecule has 0 radical (unpaired) electrons. The molecule has 1 amide bonds. The van der Waals surface area contributed by atoms with E-state index in [1.54, 1.807) is 16.8 Å². The SMILES string of the molecule is Cc1nc(Oc2ccccc2)cc(N2CCN(C(=O)c3ccc4ncsc4c3)CC2)n1. The van der Waals surface area contributed by atoms with Crippen LogP contribution in [0.2, 0.25) is 0 Å². The average molecular weight is 432 g/mol. The number of amides is 1. The molecule has 31 heavy (non-hydrogen) atoms. The van der Waals surface area contributed by atoms with E-state index in [0.717, 1.165) is 21.8 Å². The molecule has 8 heteroatoms. The van der Waals surface area contributed by atoms with Crippen molar-refractivity contribution in [1.82, 2.24) is 19.9 Å². The number of aromatic nitrogens is 3. The number of thiazole rings is 1. The van der Waals surface area contributed by atoms with Crippen LogP contribution in [0.25, 0.3) is 10.2 Å². The lowest BCUT2D eigenvalue weighted by atomic mass is 10.1. The molecular weight excluding hydrogens is 410 g/mol. The van der Waals surface area contributed by atoms with Crippen molar-refractivity contribution >= 4 is 33.3 Å². The summed E-state index contributed by atoms with van der Waals surface area (Å²) in [4.78, 5) is 30.3. The number of aryl methyl sites for hydroxylation is 1. The third-order valence-electron chi connectivity index (χ3n) is 5.24. The summed E-state index contributed by atoms with van der Waals surface area (Å²) in [6.45, 7) is 4.54. The predicted octanol–water partition coefficient (Wildman–Crippen LogP) is 4.15. The molecule has 7 nitrogen and oxygen atoms in total. The number of fused-ring (bicyclic) bond motifs is 1. The topological polar surface area (TPSA) is 71.5 Å². The number of hydrogen-bond donors (Lipinski definition) is 0. The zero-order valence-corrected chi connectivity index (χ0v) is 17.9. The highest BCUT2D eigenvalue weighted by Gasteiger charge is 2.24. The van der Waals surface area contributed by atoms with Gasteiger partial charge < -0.3 is 14.5 Å². The Morgan fingerprint density at radius 2 is 1.81 bits per heavy atom. The number of carbonyl (C=O) groups excluding carboxylic acids is 1. The van der Waals surface area contributed by atoms with Crippen molar-refractivity contribution < 1.29 is 9.53 Å². The van der Waals surface area contributed by atoms with Gasteiger partial charge in [-0.05, 0) is 37.3 Å². The maximum Gasteiger partial charge on any atom is 0.254 e. The summed E-state index contributed by atoms with van der Waals surface area (Å²) in [6.07, 6.45) is 0.